The average molecular weight is 518 g/mol. The second-order valence-electron chi connectivity index (χ2n) is 8.64. The van der Waals surface area contributed by atoms with E-state index >= 15 is 0 Å². The number of benzene rings is 2. The van der Waals surface area contributed by atoms with Crippen molar-refractivity contribution in [2.45, 2.75) is 44.7 Å². The first-order chi connectivity index (χ1) is 17.2. The van der Waals surface area contributed by atoms with Crippen LogP contribution in [0.4, 0.5) is 13.2 Å². The Kier molecular flexibility index (Phi) is 7.79. The van der Waals surface area contributed by atoms with Crippen molar-refractivity contribution in [1.29, 1.82) is 0 Å². The highest BCUT2D eigenvalue weighted by Gasteiger charge is 2.26. The average Bonchev–Trinajstić information content (AvgIpc) is 2.83. The summed E-state index contributed by atoms with van der Waals surface area (Å²) in [5.74, 6) is -4.04. The van der Waals surface area contributed by atoms with Gasteiger partial charge in [0.15, 0.2) is 11.6 Å². The van der Waals surface area contributed by atoms with Gasteiger partial charge in [0, 0.05) is 28.7 Å². The molecular weight excluding hydrogens is 495 g/mol. The fraction of sp³-hybridized carbons (Fsp3) is 0.269. The van der Waals surface area contributed by atoms with E-state index in [0.717, 1.165) is 30.0 Å². The summed E-state index contributed by atoms with van der Waals surface area (Å²) in [4.78, 5) is 29.3. The number of hydrogen-bond donors (Lipinski definition) is 2. The molecular formula is C26H23ClF3N3O3. The van der Waals surface area contributed by atoms with Crippen LogP contribution in [-0.2, 0) is 0 Å². The SMILES string of the molecule is Cc1cc(Cl)ccc1C(=O)NC1CCC(NC(=O)c2cc(F)cnc2Oc2ccc(F)c(F)c2)CC1. The Hall–Kier alpha value is -3.59. The van der Waals surface area contributed by atoms with Gasteiger partial charge in [0.25, 0.3) is 11.8 Å². The first kappa shape index (κ1) is 25.5. The van der Waals surface area contributed by atoms with Gasteiger partial charge in [-0.3, -0.25) is 9.59 Å². The Morgan fingerprint density at radius 3 is 2.14 bits per heavy atom. The maximum atomic E-state index is 13.8. The summed E-state index contributed by atoms with van der Waals surface area (Å²) in [6, 6.07) is 8.65. The minimum Gasteiger partial charge on any atom is -0.438 e. The summed E-state index contributed by atoms with van der Waals surface area (Å²) < 4.78 is 46.0. The second-order valence-corrected chi connectivity index (χ2v) is 9.08. The van der Waals surface area contributed by atoms with Gasteiger partial charge >= 0.3 is 0 Å². The van der Waals surface area contributed by atoms with Crippen LogP contribution in [0.15, 0.2) is 48.7 Å². The minimum atomic E-state index is -1.13. The molecule has 0 bridgehead atoms. The molecule has 1 aliphatic carbocycles. The third kappa shape index (κ3) is 6.15. The minimum absolute atomic E-state index is 0.0520. The summed E-state index contributed by atoms with van der Waals surface area (Å²) in [7, 11) is 0. The van der Waals surface area contributed by atoms with E-state index in [9.17, 15) is 22.8 Å². The van der Waals surface area contributed by atoms with Crippen molar-refractivity contribution in [3.8, 4) is 11.6 Å². The van der Waals surface area contributed by atoms with Gasteiger partial charge in [-0.1, -0.05) is 11.6 Å². The van der Waals surface area contributed by atoms with Gasteiger partial charge < -0.3 is 15.4 Å². The molecule has 1 heterocycles. The van der Waals surface area contributed by atoms with Crippen LogP contribution in [0.2, 0.25) is 5.02 Å². The van der Waals surface area contributed by atoms with Crippen molar-refractivity contribution >= 4 is 23.4 Å². The molecule has 4 rings (SSSR count). The molecule has 2 amide bonds. The van der Waals surface area contributed by atoms with Crippen molar-refractivity contribution in [1.82, 2.24) is 15.6 Å². The summed E-state index contributed by atoms with van der Waals surface area (Å²) in [5.41, 5.74) is 1.17. The number of amides is 2. The third-order valence-corrected chi connectivity index (χ3v) is 6.23. The molecule has 0 unspecified atom stereocenters. The lowest BCUT2D eigenvalue weighted by Crippen LogP contribution is -2.44. The van der Waals surface area contributed by atoms with Gasteiger partial charge in [0.2, 0.25) is 5.88 Å². The van der Waals surface area contributed by atoms with E-state index in [1.807, 2.05) is 6.92 Å². The zero-order valence-electron chi connectivity index (χ0n) is 19.3. The highest BCUT2D eigenvalue weighted by Crippen LogP contribution is 2.26. The van der Waals surface area contributed by atoms with Crippen LogP contribution in [0, 0.1) is 24.4 Å². The lowest BCUT2D eigenvalue weighted by molar-refractivity contribution is 0.0889. The maximum Gasteiger partial charge on any atom is 0.257 e. The second kappa shape index (κ2) is 11.0. The Morgan fingerprint density at radius 2 is 1.53 bits per heavy atom. The van der Waals surface area contributed by atoms with Gasteiger partial charge in [-0.15, -0.1) is 0 Å². The third-order valence-electron chi connectivity index (χ3n) is 6.00. The summed E-state index contributed by atoms with van der Waals surface area (Å²) in [5, 5.41) is 6.43. The Morgan fingerprint density at radius 1 is 0.889 bits per heavy atom. The number of rotatable bonds is 6. The predicted octanol–water partition coefficient (Wildman–Crippen LogP) is 5.72. The predicted molar refractivity (Wildman–Crippen MR) is 128 cm³/mol. The smallest absolute Gasteiger partial charge is 0.257 e. The molecule has 0 spiro atoms. The standard InChI is InChI=1S/C26H23ClF3N3O3/c1-14-10-15(27)2-8-20(14)24(34)32-17-3-5-18(6-4-17)33-25(35)21-11-16(28)13-31-26(21)36-19-7-9-22(29)23(30)12-19/h2,7-13,17-18H,3-6H2,1H3,(H,32,34)(H,33,35). The number of nitrogens with zero attached hydrogens (tertiary/aromatic N) is 1. The van der Waals surface area contributed by atoms with E-state index in [2.05, 4.69) is 15.6 Å². The van der Waals surface area contributed by atoms with Crippen molar-refractivity contribution in [2.75, 3.05) is 0 Å². The number of aromatic nitrogens is 1. The van der Waals surface area contributed by atoms with E-state index in [1.165, 1.54) is 6.07 Å². The molecule has 36 heavy (non-hydrogen) atoms. The van der Waals surface area contributed by atoms with Gasteiger partial charge in [0.1, 0.15) is 17.1 Å². The van der Waals surface area contributed by atoms with Crippen LogP contribution in [0.25, 0.3) is 0 Å². The molecule has 0 radical (unpaired) electrons. The fourth-order valence-electron chi connectivity index (χ4n) is 4.11. The van der Waals surface area contributed by atoms with Crippen LogP contribution < -0.4 is 15.4 Å². The van der Waals surface area contributed by atoms with Crippen LogP contribution in [-0.4, -0.2) is 28.9 Å². The van der Waals surface area contributed by atoms with Crippen LogP contribution in [0.3, 0.4) is 0 Å². The topological polar surface area (TPSA) is 80.3 Å². The zero-order valence-corrected chi connectivity index (χ0v) is 20.0. The lowest BCUT2D eigenvalue weighted by Gasteiger charge is -2.30. The monoisotopic (exact) mass is 517 g/mol. The van der Waals surface area contributed by atoms with Crippen molar-refractivity contribution in [3.05, 3.63) is 87.8 Å². The Balaban J connectivity index is 1.36. The molecule has 1 saturated carbocycles. The van der Waals surface area contributed by atoms with Crippen LogP contribution in [0.5, 0.6) is 11.6 Å². The largest absolute Gasteiger partial charge is 0.438 e. The number of nitrogens with one attached hydrogen (secondary N) is 2. The molecule has 1 aromatic heterocycles. The molecule has 0 saturated heterocycles. The van der Waals surface area contributed by atoms with Gasteiger partial charge in [-0.05, 0) is 74.6 Å². The molecule has 10 heteroatoms. The Labute approximate surface area is 210 Å². The molecule has 2 N–H and O–H groups in total. The Bertz CT molecular complexity index is 1300. The van der Waals surface area contributed by atoms with Crippen molar-refractivity contribution in [2.24, 2.45) is 0 Å². The molecule has 6 nitrogen and oxygen atoms in total. The molecule has 1 aliphatic rings. The summed E-state index contributed by atoms with van der Waals surface area (Å²) in [6.45, 7) is 1.82. The number of halogens is 4. The van der Waals surface area contributed by atoms with Crippen LogP contribution >= 0.6 is 11.6 Å². The van der Waals surface area contributed by atoms with E-state index < -0.39 is 23.4 Å². The lowest BCUT2D eigenvalue weighted by atomic mass is 9.90. The number of hydrogen-bond acceptors (Lipinski definition) is 4. The first-order valence-corrected chi connectivity index (χ1v) is 11.7. The molecule has 2 aromatic carbocycles. The van der Waals surface area contributed by atoms with Gasteiger partial charge in [-0.2, -0.15) is 0 Å². The zero-order chi connectivity index (χ0) is 25.8. The van der Waals surface area contributed by atoms with E-state index in [4.69, 9.17) is 16.3 Å². The highest BCUT2D eigenvalue weighted by atomic mass is 35.5. The van der Waals surface area contributed by atoms with E-state index in [1.54, 1.807) is 18.2 Å². The van der Waals surface area contributed by atoms with Crippen molar-refractivity contribution in [3.63, 3.8) is 0 Å². The molecule has 0 atom stereocenters. The number of aryl methyl sites for hydroxylation is 1. The quantitative estimate of drug-likeness (QED) is 0.438. The molecule has 188 valence electrons. The molecule has 3 aromatic rings. The summed E-state index contributed by atoms with van der Waals surface area (Å²) >= 11 is 5.96. The summed E-state index contributed by atoms with van der Waals surface area (Å²) in [6.07, 6.45) is 3.34. The van der Waals surface area contributed by atoms with Gasteiger partial charge in [-0.25, -0.2) is 18.2 Å². The number of carbonyl (C=O) groups excluding carboxylic acids is 2. The van der Waals surface area contributed by atoms with E-state index in [-0.39, 0.29) is 35.2 Å². The number of pyridine rings is 1. The maximum absolute atomic E-state index is 13.8. The molecule has 1 fully saturated rings. The van der Waals surface area contributed by atoms with Crippen molar-refractivity contribution < 1.29 is 27.5 Å². The van der Waals surface area contributed by atoms with E-state index in [0.29, 0.717) is 36.3 Å². The highest BCUT2D eigenvalue weighted by molar-refractivity contribution is 6.30. The molecule has 0 aliphatic heterocycles. The van der Waals surface area contributed by atoms with Crippen LogP contribution in [0.1, 0.15) is 52.0 Å². The van der Waals surface area contributed by atoms with Gasteiger partial charge in [0.05, 0.1) is 6.20 Å². The number of ether oxygens (including phenoxy) is 1. The number of carbonyl (C=O) groups is 2. The normalized spacial score (nSPS) is 17.4. The fourth-order valence-corrected chi connectivity index (χ4v) is 4.34. The first-order valence-electron chi connectivity index (χ1n) is 11.4.